The van der Waals surface area contributed by atoms with Crippen LogP contribution in [0.15, 0.2) is 32.1 Å². The number of aliphatic imine (C=N–C) groups is 1. The van der Waals surface area contributed by atoms with Crippen molar-refractivity contribution in [3.63, 3.8) is 0 Å². The van der Waals surface area contributed by atoms with Gasteiger partial charge >= 0.3 is 0 Å². The predicted molar refractivity (Wildman–Crippen MR) is 68.6 cm³/mol. The zero-order valence-electron chi connectivity index (χ0n) is 7.21. The van der Waals surface area contributed by atoms with Crippen molar-refractivity contribution in [3.8, 4) is 0 Å². The van der Waals surface area contributed by atoms with Gasteiger partial charge in [-0.2, -0.15) is 0 Å². The van der Waals surface area contributed by atoms with E-state index in [1.165, 1.54) is 0 Å². The Kier molecular flexibility index (Phi) is 6.15. The van der Waals surface area contributed by atoms with Crippen LogP contribution in [0, 0.1) is 0 Å². The Balaban J connectivity index is 0.00000169. The number of rotatable bonds is 2. The molecule has 0 saturated carbocycles. The van der Waals surface area contributed by atoms with Crippen LogP contribution in [0.5, 0.6) is 0 Å². The molecule has 0 amide bonds. The van der Waals surface area contributed by atoms with Gasteiger partial charge in [0.05, 0.1) is 6.54 Å². The van der Waals surface area contributed by atoms with Crippen molar-refractivity contribution < 1.29 is 0 Å². The van der Waals surface area contributed by atoms with Crippen molar-refractivity contribution in [3.05, 3.63) is 32.7 Å². The van der Waals surface area contributed by atoms with Gasteiger partial charge in [0.15, 0.2) is 5.96 Å². The second-order valence-corrected chi connectivity index (χ2v) is 4.35. The van der Waals surface area contributed by atoms with E-state index in [1.54, 1.807) is 0 Å². The zero-order chi connectivity index (χ0) is 9.84. The lowest BCUT2D eigenvalue weighted by atomic mass is 10.2. The Labute approximate surface area is 106 Å². The Morgan fingerprint density at radius 2 is 1.64 bits per heavy atom. The molecular weight excluding hydrogens is 333 g/mol. The van der Waals surface area contributed by atoms with E-state index in [-0.39, 0.29) is 18.4 Å². The molecule has 0 aliphatic rings. The maximum absolute atomic E-state index is 5.22. The van der Waals surface area contributed by atoms with Crippen molar-refractivity contribution in [2.75, 3.05) is 0 Å². The first-order valence-corrected chi connectivity index (χ1v) is 5.17. The summed E-state index contributed by atoms with van der Waals surface area (Å²) in [5, 5.41) is 0. The quantitative estimate of drug-likeness (QED) is 0.640. The third-order valence-corrected chi connectivity index (χ3v) is 2.28. The van der Waals surface area contributed by atoms with Gasteiger partial charge in [-0.05, 0) is 23.8 Å². The molecule has 0 unspecified atom stereocenters. The third kappa shape index (κ3) is 4.83. The van der Waals surface area contributed by atoms with E-state index in [9.17, 15) is 0 Å². The molecule has 0 saturated heterocycles. The maximum Gasteiger partial charge on any atom is 0.186 e. The molecule has 0 aromatic heterocycles. The van der Waals surface area contributed by atoms with E-state index in [0.29, 0.717) is 6.54 Å². The van der Waals surface area contributed by atoms with Gasteiger partial charge in [-0.1, -0.05) is 31.9 Å². The molecule has 1 aromatic rings. The van der Waals surface area contributed by atoms with Crippen LogP contribution in [0.25, 0.3) is 0 Å². The topological polar surface area (TPSA) is 64.4 Å². The molecule has 0 aliphatic heterocycles. The number of hydrogen-bond acceptors (Lipinski definition) is 1. The number of benzene rings is 1. The van der Waals surface area contributed by atoms with Gasteiger partial charge in [-0.3, -0.25) is 0 Å². The lowest BCUT2D eigenvalue weighted by molar-refractivity contribution is 1.05. The van der Waals surface area contributed by atoms with Gasteiger partial charge < -0.3 is 11.5 Å². The molecule has 0 heterocycles. The minimum Gasteiger partial charge on any atom is -0.370 e. The Morgan fingerprint density at radius 1 is 1.14 bits per heavy atom. The predicted octanol–water partition coefficient (Wildman–Crippen LogP) is 2.41. The fourth-order valence-electron chi connectivity index (χ4n) is 0.885. The molecular formula is C8H10Br2ClN3. The van der Waals surface area contributed by atoms with Crippen molar-refractivity contribution in [2.24, 2.45) is 16.5 Å². The van der Waals surface area contributed by atoms with Crippen LogP contribution in [0.1, 0.15) is 5.56 Å². The lowest BCUT2D eigenvalue weighted by Gasteiger charge is -1.99. The van der Waals surface area contributed by atoms with Gasteiger partial charge in [-0.15, -0.1) is 12.4 Å². The Hall–Kier alpha value is -0.260. The second-order valence-electron chi connectivity index (χ2n) is 2.52. The first kappa shape index (κ1) is 13.7. The second kappa shape index (κ2) is 6.27. The number of hydrogen-bond donors (Lipinski definition) is 2. The molecule has 1 aromatic carbocycles. The first-order valence-electron chi connectivity index (χ1n) is 3.58. The number of nitrogens with zero attached hydrogens (tertiary/aromatic N) is 1. The highest BCUT2D eigenvalue weighted by Gasteiger charge is 1.96. The van der Waals surface area contributed by atoms with Gasteiger partial charge in [0.25, 0.3) is 0 Å². The molecule has 78 valence electrons. The summed E-state index contributed by atoms with van der Waals surface area (Å²) in [7, 11) is 0. The minimum atomic E-state index is 0. The van der Waals surface area contributed by atoms with Gasteiger partial charge in [-0.25, -0.2) is 4.99 Å². The molecule has 0 aliphatic carbocycles. The number of guanidine groups is 1. The van der Waals surface area contributed by atoms with Gasteiger partial charge in [0.2, 0.25) is 0 Å². The standard InChI is InChI=1S/C8H9Br2N3.ClH/c9-6-1-5(2-7(10)3-6)4-13-8(11)12;/h1-3H,4H2,(H4,11,12,13);1H. The summed E-state index contributed by atoms with van der Waals surface area (Å²) in [6.45, 7) is 0.500. The summed E-state index contributed by atoms with van der Waals surface area (Å²) >= 11 is 6.76. The molecule has 0 atom stereocenters. The minimum absolute atomic E-state index is 0. The van der Waals surface area contributed by atoms with Crippen molar-refractivity contribution in [1.29, 1.82) is 0 Å². The van der Waals surface area contributed by atoms with Crippen LogP contribution in [0.2, 0.25) is 0 Å². The highest BCUT2D eigenvalue weighted by atomic mass is 79.9. The molecule has 0 fully saturated rings. The van der Waals surface area contributed by atoms with E-state index in [2.05, 4.69) is 36.9 Å². The number of halogens is 3. The fraction of sp³-hybridized carbons (Fsp3) is 0.125. The molecule has 3 nitrogen and oxygen atoms in total. The van der Waals surface area contributed by atoms with E-state index in [1.807, 2.05) is 18.2 Å². The molecule has 1 rings (SSSR count). The molecule has 6 heteroatoms. The molecule has 0 spiro atoms. The van der Waals surface area contributed by atoms with Crippen LogP contribution in [-0.2, 0) is 6.54 Å². The van der Waals surface area contributed by atoms with Crippen LogP contribution in [0.4, 0.5) is 0 Å². The highest BCUT2D eigenvalue weighted by molar-refractivity contribution is 9.11. The van der Waals surface area contributed by atoms with Crippen LogP contribution in [0.3, 0.4) is 0 Å². The molecule has 0 radical (unpaired) electrons. The van der Waals surface area contributed by atoms with E-state index >= 15 is 0 Å². The summed E-state index contributed by atoms with van der Waals surface area (Å²) < 4.78 is 2.00. The average Bonchev–Trinajstić information content (AvgIpc) is 1.99. The SMILES string of the molecule is Cl.NC(N)=NCc1cc(Br)cc(Br)c1. The van der Waals surface area contributed by atoms with E-state index < -0.39 is 0 Å². The van der Waals surface area contributed by atoms with E-state index in [4.69, 9.17) is 11.5 Å². The smallest absolute Gasteiger partial charge is 0.186 e. The largest absolute Gasteiger partial charge is 0.370 e. The Morgan fingerprint density at radius 3 is 2.07 bits per heavy atom. The molecule has 4 N–H and O–H groups in total. The average molecular weight is 343 g/mol. The summed E-state index contributed by atoms with van der Waals surface area (Å²) in [5.41, 5.74) is 11.5. The highest BCUT2D eigenvalue weighted by Crippen LogP contribution is 2.20. The maximum atomic E-state index is 5.22. The summed E-state index contributed by atoms with van der Waals surface area (Å²) in [6, 6.07) is 5.90. The third-order valence-electron chi connectivity index (χ3n) is 1.37. The lowest BCUT2D eigenvalue weighted by Crippen LogP contribution is -2.22. The normalized spacial score (nSPS) is 9.00. The molecule has 0 bridgehead atoms. The van der Waals surface area contributed by atoms with Gasteiger partial charge in [0.1, 0.15) is 0 Å². The van der Waals surface area contributed by atoms with Crippen LogP contribution in [-0.4, -0.2) is 5.96 Å². The Bertz CT molecular complexity index is 317. The first-order chi connectivity index (χ1) is 6.08. The van der Waals surface area contributed by atoms with Gasteiger partial charge in [0, 0.05) is 8.95 Å². The van der Waals surface area contributed by atoms with Crippen LogP contribution >= 0.6 is 44.3 Å². The summed E-state index contributed by atoms with van der Waals surface area (Å²) in [5.74, 6) is 0.107. The summed E-state index contributed by atoms with van der Waals surface area (Å²) in [4.78, 5) is 3.91. The van der Waals surface area contributed by atoms with E-state index in [0.717, 1.165) is 14.5 Å². The molecule has 14 heavy (non-hydrogen) atoms. The number of nitrogens with two attached hydrogens (primary N) is 2. The zero-order valence-corrected chi connectivity index (χ0v) is 11.2. The monoisotopic (exact) mass is 341 g/mol. The fourth-order valence-corrected chi connectivity index (χ4v) is 2.27. The summed E-state index contributed by atoms with van der Waals surface area (Å²) in [6.07, 6.45) is 0. The van der Waals surface area contributed by atoms with Crippen LogP contribution < -0.4 is 11.5 Å². The van der Waals surface area contributed by atoms with Crippen molar-refractivity contribution >= 4 is 50.2 Å². The van der Waals surface area contributed by atoms with Crippen molar-refractivity contribution in [1.82, 2.24) is 0 Å². The van der Waals surface area contributed by atoms with Crippen molar-refractivity contribution in [2.45, 2.75) is 6.54 Å².